The lowest BCUT2D eigenvalue weighted by molar-refractivity contribution is 0.766. The van der Waals surface area contributed by atoms with Crippen LogP contribution in [0.5, 0.6) is 0 Å². The van der Waals surface area contributed by atoms with Gasteiger partial charge < -0.3 is 11.5 Å². The molecule has 8 heteroatoms. The predicted octanol–water partition coefficient (Wildman–Crippen LogP) is 9.23. The molecule has 208 valence electrons. The Morgan fingerprint density at radius 1 is 0.439 bits per heavy atom. The first-order valence-electron chi connectivity index (χ1n) is 13.8. The van der Waals surface area contributed by atoms with Crippen LogP contribution in [0, 0.1) is 0 Å². The fraction of sp³-hybridized carbons (Fsp3) is 0.152. The average molecular weight is 620 g/mol. The second-order valence-corrected chi connectivity index (χ2v) is 11.6. The van der Waals surface area contributed by atoms with E-state index >= 15 is 0 Å². The highest BCUT2D eigenvalue weighted by atomic mass is 35.5. The van der Waals surface area contributed by atoms with Crippen LogP contribution in [-0.4, -0.2) is 14.6 Å². The quantitative estimate of drug-likeness (QED) is 0.123. The van der Waals surface area contributed by atoms with E-state index in [2.05, 4.69) is 0 Å². The Bertz CT molecular complexity index is 1340. The summed E-state index contributed by atoms with van der Waals surface area (Å²) < 4.78 is 0. The minimum Gasteiger partial charge on any atom is -0.409 e. The monoisotopic (exact) mass is 618 g/mol. The summed E-state index contributed by atoms with van der Waals surface area (Å²) in [6.07, 6.45) is 5.15. The highest BCUT2D eigenvalue weighted by Crippen LogP contribution is 2.36. The number of unbranched alkanes of at least 4 members (excludes halogenated alkanes) is 2. The largest absolute Gasteiger partial charge is 0.409 e. The maximum absolute atomic E-state index is 6.69. The topological polar surface area (TPSA) is 52.0 Å². The van der Waals surface area contributed by atoms with Crippen molar-refractivity contribution in [3.8, 4) is 0 Å². The van der Waals surface area contributed by atoms with Gasteiger partial charge in [0.25, 0.3) is 0 Å². The standard InChI is InChI=1S/C33H32B2Cl4N2/c36-26-16-6-2-12-22(26)30(23-13-3-7-17-27(23)37)32(40)34-20-10-1-11-21-35-33(41)31(24-14-4-8-18-28(24)38)25-15-5-9-19-29(25)39/h2-9,12-19,34-35H,1,10-11,20-21,40-41H2. The molecule has 0 aliphatic heterocycles. The minimum atomic E-state index is 0.656. The lowest BCUT2D eigenvalue weighted by atomic mass is 9.65. The van der Waals surface area contributed by atoms with Crippen LogP contribution in [0.1, 0.15) is 41.5 Å². The van der Waals surface area contributed by atoms with Crippen molar-refractivity contribution in [1.82, 2.24) is 0 Å². The molecule has 0 saturated heterocycles. The van der Waals surface area contributed by atoms with Crippen molar-refractivity contribution in [3.05, 3.63) is 151 Å². The lowest BCUT2D eigenvalue weighted by Crippen LogP contribution is -2.12. The number of rotatable bonds is 12. The molecule has 0 fully saturated rings. The van der Waals surface area contributed by atoms with E-state index in [1.807, 2.05) is 97.1 Å². The van der Waals surface area contributed by atoms with Crippen LogP contribution in [0.15, 0.2) is 108 Å². The highest BCUT2D eigenvalue weighted by molar-refractivity contribution is 6.48. The van der Waals surface area contributed by atoms with Crippen LogP contribution in [0.3, 0.4) is 0 Å². The van der Waals surface area contributed by atoms with Crippen molar-refractivity contribution < 1.29 is 0 Å². The molecule has 0 amide bonds. The zero-order valence-electron chi connectivity index (χ0n) is 22.9. The van der Waals surface area contributed by atoms with E-state index < -0.39 is 0 Å². The first-order chi connectivity index (χ1) is 19.9. The molecule has 41 heavy (non-hydrogen) atoms. The lowest BCUT2D eigenvalue weighted by Gasteiger charge is -2.16. The molecule has 0 aliphatic carbocycles. The third kappa shape index (κ3) is 8.17. The molecule has 4 aromatic carbocycles. The summed E-state index contributed by atoms with van der Waals surface area (Å²) in [4.78, 5) is 0. The fourth-order valence-electron chi connectivity index (χ4n) is 5.05. The molecule has 0 atom stereocenters. The summed E-state index contributed by atoms with van der Waals surface area (Å²) in [6, 6.07) is 31.0. The van der Waals surface area contributed by atoms with Crippen molar-refractivity contribution in [3.63, 3.8) is 0 Å². The molecule has 2 nitrogen and oxygen atoms in total. The molecule has 0 unspecified atom stereocenters. The Balaban J connectivity index is 1.39. The van der Waals surface area contributed by atoms with Gasteiger partial charge in [-0.2, -0.15) is 0 Å². The van der Waals surface area contributed by atoms with Crippen LogP contribution < -0.4 is 11.5 Å². The van der Waals surface area contributed by atoms with E-state index in [4.69, 9.17) is 57.9 Å². The van der Waals surface area contributed by atoms with Crippen molar-refractivity contribution in [2.75, 3.05) is 0 Å². The third-order valence-corrected chi connectivity index (χ3v) is 8.43. The summed E-state index contributed by atoms with van der Waals surface area (Å²) in [7, 11) is 1.52. The number of nitrogens with two attached hydrogens (primary N) is 2. The van der Waals surface area contributed by atoms with Gasteiger partial charge in [0.2, 0.25) is 0 Å². The van der Waals surface area contributed by atoms with Gasteiger partial charge in [0, 0.05) is 53.5 Å². The molecule has 0 spiro atoms. The Hall–Kier alpha value is -2.75. The number of hydrogen-bond donors (Lipinski definition) is 2. The molecular weight excluding hydrogens is 588 g/mol. The van der Waals surface area contributed by atoms with Gasteiger partial charge in [-0.15, -0.1) is 0 Å². The summed E-state index contributed by atoms with van der Waals surface area (Å²) in [5.41, 5.74) is 20.4. The van der Waals surface area contributed by atoms with Crippen LogP contribution in [0.4, 0.5) is 0 Å². The predicted molar refractivity (Wildman–Crippen MR) is 184 cm³/mol. The summed E-state index contributed by atoms with van der Waals surface area (Å²) >= 11 is 26.3. The van der Waals surface area contributed by atoms with Crippen molar-refractivity contribution in [1.29, 1.82) is 0 Å². The molecule has 4 rings (SSSR count). The molecule has 4 aromatic rings. The summed E-state index contributed by atoms with van der Waals surface area (Å²) in [5.74, 6) is 0. The van der Waals surface area contributed by atoms with Gasteiger partial charge in [0.05, 0.1) is 0 Å². The van der Waals surface area contributed by atoms with Gasteiger partial charge in [-0.1, -0.05) is 151 Å². The van der Waals surface area contributed by atoms with Gasteiger partial charge in [-0.05, 0) is 35.5 Å². The normalized spacial score (nSPS) is 10.6. The van der Waals surface area contributed by atoms with E-state index in [9.17, 15) is 0 Å². The van der Waals surface area contributed by atoms with E-state index in [0.29, 0.717) is 20.1 Å². The molecular formula is C33H32B2Cl4N2. The van der Waals surface area contributed by atoms with Crippen LogP contribution in [-0.2, 0) is 0 Å². The maximum atomic E-state index is 6.69. The van der Waals surface area contributed by atoms with Crippen molar-refractivity contribution in [2.45, 2.75) is 31.9 Å². The SMILES string of the molecule is NC(BCCCCCBC(N)=C(c1ccccc1Cl)c1ccccc1Cl)=C(c1ccccc1Cl)c1ccccc1Cl. The third-order valence-electron chi connectivity index (χ3n) is 7.11. The van der Waals surface area contributed by atoms with E-state index in [-0.39, 0.29) is 0 Å². The molecule has 0 radical (unpaired) electrons. The molecule has 0 aliphatic rings. The average Bonchev–Trinajstić information content (AvgIpc) is 2.97. The molecule has 0 bridgehead atoms. The van der Waals surface area contributed by atoms with Crippen LogP contribution in [0.2, 0.25) is 32.7 Å². The zero-order chi connectivity index (χ0) is 29.2. The number of benzene rings is 4. The van der Waals surface area contributed by atoms with Crippen LogP contribution >= 0.6 is 46.4 Å². The van der Waals surface area contributed by atoms with E-state index in [1.165, 1.54) is 0 Å². The Kier molecular flexibility index (Phi) is 11.8. The Labute approximate surface area is 264 Å². The maximum Gasteiger partial charge on any atom is 0.179 e. The smallest absolute Gasteiger partial charge is 0.179 e. The summed E-state index contributed by atoms with van der Waals surface area (Å²) in [6.45, 7) is 0. The summed E-state index contributed by atoms with van der Waals surface area (Å²) in [5, 5.41) is 2.63. The molecule has 0 aromatic heterocycles. The number of halogens is 4. The van der Waals surface area contributed by atoms with Gasteiger partial charge in [-0.3, -0.25) is 0 Å². The van der Waals surface area contributed by atoms with Crippen LogP contribution in [0.25, 0.3) is 11.1 Å². The molecule has 0 heterocycles. The van der Waals surface area contributed by atoms with E-state index in [0.717, 1.165) is 91.1 Å². The van der Waals surface area contributed by atoms with Crippen molar-refractivity contribution >= 4 is 72.1 Å². The molecule has 0 saturated carbocycles. The fourth-order valence-corrected chi connectivity index (χ4v) is 5.97. The number of hydrogen-bond acceptors (Lipinski definition) is 2. The first-order valence-corrected chi connectivity index (χ1v) is 15.4. The molecule has 4 N–H and O–H groups in total. The second-order valence-electron chi connectivity index (χ2n) is 9.99. The van der Waals surface area contributed by atoms with Gasteiger partial charge in [-0.25, -0.2) is 0 Å². The highest BCUT2D eigenvalue weighted by Gasteiger charge is 2.17. The van der Waals surface area contributed by atoms with Gasteiger partial charge in [0.15, 0.2) is 14.6 Å². The second kappa shape index (κ2) is 15.5. The zero-order valence-corrected chi connectivity index (χ0v) is 25.9. The van der Waals surface area contributed by atoms with Gasteiger partial charge in [0.1, 0.15) is 0 Å². The first kappa shape index (κ1) is 31.2. The van der Waals surface area contributed by atoms with Crippen molar-refractivity contribution in [2.24, 2.45) is 11.5 Å². The van der Waals surface area contributed by atoms with E-state index in [1.54, 1.807) is 0 Å². The minimum absolute atomic E-state index is 0.656. The Morgan fingerprint density at radius 2 is 0.707 bits per heavy atom. The Morgan fingerprint density at radius 3 is 0.976 bits per heavy atom. The van der Waals surface area contributed by atoms with Gasteiger partial charge >= 0.3 is 0 Å².